The predicted molar refractivity (Wildman–Crippen MR) is 90.7 cm³/mol. The zero-order valence-electron chi connectivity index (χ0n) is 13.8. The van der Waals surface area contributed by atoms with Crippen LogP contribution >= 0.6 is 11.3 Å². The first-order valence-corrected chi connectivity index (χ1v) is 9.06. The summed E-state index contributed by atoms with van der Waals surface area (Å²) < 4.78 is 0. The van der Waals surface area contributed by atoms with Gasteiger partial charge >= 0.3 is 0 Å². The first kappa shape index (κ1) is 16.9. The molecule has 2 rings (SSSR count). The number of aromatic nitrogens is 1. The molecule has 0 saturated carbocycles. The summed E-state index contributed by atoms with van der Waals surface area (Å²) in [5.41, 5.74) is 1.25. The van der Waals surface area contributed by atoms with E-state index in [2.05, 4.69) is 41.5 Å². The highest BCUT2D eigenvalue weighted by molar-refractivity contribution is 7.09. The van der Waals surface area contributed by atoms with E-state index in [4.69, 9.17) is 4.98 Å². The third-order valence-electron chi connectivity index (χ3n) is 4.02. The van der Waals surface area contributed by atoms with Crippen molar-refractivity contribution in [3.8, 4) is 0 Å². The van der Waals surface area contributed by atoms with Crippen molar-refractivity contribution < 1.29 is 0 Å². The van der Waals surface area contributed by atoms with Crippen molar-refractivity contribution >= 4 is 11.3 Å². The minimum atomic E-state index is 0.875. The van der Waals surface area contributed by atoms with Gasteiger partial charge in [-0.2, -0.15) is 0 Å². The second-order valence-corrected chi connectivity index (χ2v) is 7.33. The van der Waals surface area contributed by atoms with Gasteiger partial charge in [-0.15, -0.1) is 11.3 Å². The number of hydrogen-bond acceptors (Lipinski definition) is 5. The van der Waals surface area contributed by atoms with E-state index in [1.165, 1.54) is 49.6 Å². The average Bonchev–Trinajstić information content (AvgIpc) is 2.88. The van der Waals surface area contributed by atoms with Crippen LogP contribution in [0.1, 0.15) is 36.9 Å². The Hall–Kier alpha value is -0.490. The highest BCUT2D eigenvalue weighted by Crippen LogP contribution is 2.20. The van der Waals surface area contributed by atoms with E-state index >= 15 is 0 Å². The molecule has 0 unspecified atom stereocenters. The Morgan fingerprint density at radius 1 is 1.38 bits per heavy atom. The van der Waals surface area contributed by atoms with Crippen molar-refractivity contribution in [1.29, 1.82) is 0 Å². The zero-order valence-corrected chi connectivity index (χ0v) is 14.6. The molecule has 1 aliphatic heterocycles. The second kappa shape index (κ2) is 8.83. The van der Waals surface area contributed by atoms with Crippen LogP contribution in [0, 0.1) is 5.92 Å². The van der Waals surface area contributed by atoms with Crippen LogP contribution in [0.2, 0.25) is 0 Å². The Labute approximate surface area is 133 Å². The lowest BCUT2D eigenvalue weighted by Gasteiger charge is -2.32. The molecule has 1 fully saturated rings. The van der Waals surface area contributed by atoms with E-state index in [9.17, 15) is 0 Å². The van der Waals surface area contributed by atoms with E-state index in [-0.39, 0.29) is 0 Å². The lowest BCUT2D eigenvalue weighted by Crippen LogP contribution is -2.36. The van der Waals surface area contributed by atoms with Crippen LogP contribution in [-0.2, 0) is 13.1 Å². The lowest BCUT2D eigenvalue weighted by molar-refractivity contribution is 0.155. The molecule has 1 aliphatic rings. The molecular formula is C16H30N4S. The van der Waals surface area contributed by atoms with Crippen LogP contribution < -0.4 is 5.32 Å². The third-order valence-corrected chi connectivity index (χ3v) is 4.92. The van der Waals surface area contributed by atoms with E-state index in [1.807, 2.05) is 0 Å². The zero-order chi connectivity index (χ0) is 15.1. The van der Waals surface area contributed by atoms with Gasteiger partial charge in [-0.25, -0.2) is 4.98 Å². The summed E-state index contributed by atoms with van der Waals surface area (Å²) in [7, 11) is 4.35. The molecule has 0 bridgehead atoms. The Bertz CT molecular complexity index is 397. The van der Waals surface area contributed by atoms with E-state index in [0.717, 1.165) is 25.6 Å². The smallest absolute Gasteiger partial charge is 0.107 e. The van der Waals surface area contributed by atoms with Gasteiger partial charge in [0.1, 0.15) is 5.01 Å². The third kappa shape index (κ3) is 6.02. The van der Waals surface area contributed by atoms with Gasteiger partial charge in [0.25, 0.3) is 0 Å². The van der Waals surface area contributed by atoms with Crippen molar-refractivity contribution in [3.05, 3.63) is 16.1 Å². The Balaban J connectivity index is 1.71. The highest BCUT2D eigenvalue weighted by Gasteiger charge is 2.20. The van der Waals surface area contributed by atoms with Gasteiger partial charge in [-0.3, -0.25) is 4.90 Å². The molecule has 1 aromatic heterocycles. The van der Waals surface area contributed by atoms with E-state index < -0.39 is 0 Å². The standard InChI is InChI=1S/C16H30N4S/c1-4-7-17-10-16-18-15(13-21-16)12-20-8-5-14(6-9-20)11-19(2)3/h13-14,17H,4-12H2,1-3H3. The second-order valence-electron chi connectivity index (χ2n) is 6.39. The molecule has 0 radical (unpaired) electrons. The van der Waals surface area contributed by atoms with E-state index in [0.29, 0.717) is 0 Å². The molecule has 0 atom stereocenters. The molecule has 1 N–H and O–H groups in total. The van der Waals surface area contributed by atoms with Crippen LogP contribution in [0.3, 0.4) is 0 Å². The summed E-state index contributed by atoms with van der Waals surface area (Å²) in [5, 5.41) is 6.88. The molecule has 0 spiro atoms. The molecule has 0 amide bonds. The Morgan fingerprint density at radius 3 is 2.81 bits per heavy atom. The fourth-order valence-corrected chi connectivity index (χ4v) is 3.70. The first-order chi connectivity index (χ1) is 10.2. The fraction of sp³-hybridized carbons (Fsp3) is 0.812. The summed E-state index contributed by atoms with van der Waals surface area (Å²) >= 11 is 1.79. The normalized spacial score (nSPS) is 17.7. The summed E-state index contributed by atoms with van der Waals surface area (Å²) in [4.78, 5) is 9.63. The minimum absolute atomic E-state index is 0.875. The number of piperidine rings is 1. The fourth-order valence-electron chi connectivity index (χ4n) is 2.95. The van der Waals surface area contributed by atoms with Gasteiger partial charge in [0.2, 0.25) is 0 Å². The van der Waals surface area contributed by atoms with Gasteiger partial charge in [-0.05, 0) is 58.9 Å². The van der Waals surface area contributed by atoms with Crippen LogP contribution in [-0.4, -0.2) is 55.1 Å². The van der Waals surface area contributed by atoms with Crippen LogP contribution in [0.25, 0.3) is 0 Å². The van der Waals surface area contributed by atoms with Crippen molar-refractivity contribution in [2.45, 2.75) is 39.3 Å². The minimum Gasteiger partial charge on any atom is -0.310 e. The van der Waals surface area contributed by atoms with Crippen molar-refractivity contribution in [2.75, 3.05) is 40.3 Å². The number of nitrogens with zero attached hydrogens (tertiary/aromatic N) is 3. The Kier molecular flexibility index (Phi) is 7.10. The average molecular weight is 311 g/mol. The quantitative estimate of drug-likeness (QED) is 0.747. The summed E-state index contributed by atoms with van der Waals surface area (Å²) in [5.74, 6) is 0.875. The van der Waals surface area contributed by atoms with Gasteiger partial charge < -0.3 is 10.2 Å². The number of thiazole rings is 1. The summed E-state index contributed by atoms with van der Waals surface area (Å²) in [6, 6.07) is 0. The monoisotopic (exact) mass is 310 g/mol. The predicted octanol–water partition coefficient (Wildman–Crippen LogP) is 2.42. The van der Waals surface area contributed by atoms with Gasteiger partial charge in [0, 0.05) is 25.0 Å². The molecule has 120 valence electrons. The molecule has 1 saturated heterocycles. The molecular weight excluding hydrogens is 280 g/mol. The van der Waals surface area contributed by atoms with Gasteiger partial charge in [-0.1, -0.05) is 6.92 Å². The largest absolute Gasteiger partial charge is 0.310 e. The highest BCUT2D eigenvalue weighted by atomic mass is 32.1. The molecule has 5 heteroatoms. The summed E-state index contributed by atoms with van der Waals surface area (Å²) in [6.07, 6.45) is 3.83. The molecule has 2 heterocycles. The first-order valence-electron chi connectivity index (χ1n) is 8.18. The maximum atomic E-state index is 4.75. The van der Waals surface area contributed by atoms with Gasteiger partial charge in [0.15, 0.2) is 0 Å². The number of hydrogen-bond donors (Lipinski definition) is 1. The van der Waals surface area contributed by atoms with Crippen LogP contribution in [0.4, 0.5) is 0 Å². The van der Waals surface area contributed by atoms with E-state index in [1.54, 1.807) is 11.3 Å². The van der Waals surface area contributed by atoms with Gasteiger partial charge in [0.05, 0.1) is 5.69 Å². The molecule has 21 heavy (non-hydrogen) atoms. The van der Waals surface area contributed by atoms with Crippen molar-refractivity contribution in [3.63, 3.8) is 0 Å². The number of likely N-dealkylation sites (tertiary alicyclic amines) is 1. The maximum absolute atomic E-state index is 4.75. The number of rotatable bonds is 8. The van der Waals surface area contributed by atoms with Crippen molar-refractivity contribution in [2.24, 2.45) is 5.92 Å². The SMILES string of the molecule is CCCNCc1nc(CN2CCC(CN(C)C)CC2)cs1. The maximum Gasteiger partial charge on any atom is 0.107 e. The van der Waals surface area contributed by atoms with Crippen LogP contribution in [0.5, 0.6) is 0 Å². The van der Waals surface area contributed by atoms with Crippen LogP contribution in [0.15, 0.2) is 5.38 Å². The van der Waals surface area contributed by atoms with Crippen molar-refractivity contribution in [1.82, 2.24) is 20.1 Å². The summed E-state index contributed by atoms with van der Waals surface area (Å²) in [6.45, 7) is 8.90. The molecule has 4 nitrogen and oxygen atoms in total. The number of nitrogens with one attached hydrogen (secondary N) is 1. The molecule has 0 aliphatic carbocycles. The topological polar surface area (TPSA) is 31.4 Å². The molecule has 0 aromatic carbocycles. The lowest BCUT2D eigenvalue weighted by atomic mass is 9.96. The Morgan fingerprint density at radius 2 is 2.14 bits per heavy atom. The molecule has 1 aromatic rings.